The van der Waals surface area contributed by atoms with E-state index in [0.717, 1.165) is 37.8 Å². The third-order valence-electron chi connectivity index (χ3n) is 6.02. The smallest absolute Gasteiger partial charge is 0.338 e. The Morgan fingerprint density at radius 3 is 2.68 bits per heavy atom. The summed E-state index contributed by atoms with van der Waals surface area (Å²) >= 11 is 0. The summed E-state index contributed by atoms with van der Waals surface area (Å²) in [5, 5.41) is 12.8. The van der Waals surface area contributed by atoms with E-state index in [-0.39, 0.29) is 17.5 Å². The summed E-state index contributed by atoms with van der Waals surface area (Å²) in [6, 6.07) is 13.0. The molecule has 28 heavy (non-hydrogen) atoms. The van der Waals surface area contributed by atoms with Crippen LogP contribution in [0, 0.1) is 5.82 Å². The first-order valence-electron chi connectivity index (χ1n) is 10.0. The van der Waals surface area contributed by atoms with E-state index in [2.05, 4.69) is 24.4 Å². The minimum atomic E-state index is -1.24. The zero-order chi connectivity index (χ0) is 19.7. The lowest BCUT2D eigenvalue weighted by atomic mass is 9.81. The van der Waals surface area contributed by atoms with Gasteiger partial charge in [-0.1, -0.05) is 30.3 Å². The van der Waals surface area contributed by atoms with Gasteiger partial charge in [-0.25, -0.2) is 9.18 Å². The van der Waals surface area contributed by atoms with Gasteiger partial charge in [0.2, 0.25) is 0 Å². The molecule has 2 aromatic carbocycles. The average Bonchev–Trinajstić information content (AvgIpc) is 3.50. The minimum absolute atomic E-state index is 0.0933. The maximum atomic E-state index is 14.5. The zero-order valence-electron chi connectivity index (χ0n) is 16.1. The molecule has 0 aromatic heterocycles. The van der Waals surface area contributed by atoms with Gasteiger partial charge in [0.25, 0.3) is 0 Å². The van der Waals surface area contributed by atoms with Crippen LogP contribution in [0.4, 0.5) is 4.39 Å². The standard InChI is InChI=1S/C23H26FNO3/c1-15-23(10-5-11-25-15,14-16-6-3-2-4-7-16)28-21-13-20(24)19(22(26)27)12-18(21)17-8-9-17/h2-4,6-7,12-13,15,17,25H,5,8-11,14H2,1H3,(H,26,27)/t15-,23-/m1/s1. The quantitative estimate of drug-likeness (QED) is 0.769. The molecule has 0 amide bonds. The van der Waals surface area contributed by atoms with E-state index < -0.39 is 17.4 Å². The van der Waals surface area contributed by atoms with E-state index in [4.69, 9.17) is 4.74 Å². The Kier molecular flexibility index (Phi) is 5.11. The number of carboxylic acid groups (broad SMARTS) is 1. The Labute approximate surface area is 164 Å². The van der Waals surface area contributed by atoms with Crippen molar-refractivity contribution in [3.63, 3.8) is 0 Å². The van der Waals surface area contributed by atoms with Crippen molar-refractivity contribution in [2.75, 3.05) is 6.54 Å². The Morgan fingerprint density at radius 1 is 1.29 bits per heavy atom. The van der Waals surface area contributed by atoms with Gasteiger partial charge in [-0.05, 0) is 62.3 Å². The number of aromatic carboxylic acids is 1. The minimum Gasteiger partial charge on any atom is -0.485 e. The van der Waals surface area contributed by atoms with Crippen molar-refractivity contribution in [2.45, 2.75) is 56.6 Å². The molecule has 0 unspecified atom stereocenters. The molecule has 1 aliphatic carbocycles. The molecule has 1 aliphatic heterocycles. The molecular formula is C23H26FNO3. The van der Waals surface area contributed by atoms with Crippen LogP contribution in [0.3, 0.4) is 0 Å². The van der Waals surface area contributed by atoms with Gasteiger partial charge in [-0.15, -0.1) is 0 Å². The highest BCUT2D eigenvalue weighted by atomic mass is 19.1. The molecule has 0 radical (unpaired) electrons. The Morgan fingerprint density at radius 2 is 2.04 bits per heavy atom. The van der Waals surface area contributed by atoms with E-state index in [0.29, 0.717) is 12.2 Å². The summed E-state index contributed by atoms with van der Waals surface area (Å²) in [5.41, 5.74) is 1.22. The van der Waals surface area contributed by atoms with Crippen LogP contribution in [0.1, 0.15) is 60.0 Å². The van der Waals surface area contributed by atoms with Crippen LogP contribution < -0.4 is 10.1 Å². The van der Waals surface area contributed by atoms with Crippen LogP contribution in [0.2, 0.25) is 0 Å². The Bertz CT molecular complexity index is 866. The second-order valence-corrected chi connectivity index (χ2v) is 8.06. The number of halogens is 1. The fraction of sp³-hybridized carbons (Fsp3) is 0.435. The summed E-state index contributed by atoms with van der Waals surface area (Å²) in [6.07, 6.45) is 4.53. The van der Waals surface area contributed by atoms with Crippen molar-refractivity contribution in [2.24, 2.45) is 0 Å². The number of carbonyl (C=O) groups is 1. The summed E-state index contributed by atoms with van der Waals surface area (Å²) < 4.78 is 21.1. The fourth-order valence-electron chi connectivity index (χ4n) is 4.22. The molecule has 2 aromatic rings. The molecule has 1 saturated carbocycles. The van der Waals surface area contributed by atoms with Gasteiger partial charge in [-0.2, -0.15) is 0 Å². The van der Waals surface area contributed by atoms with Gasteiger partial charge in [0, 0.05) is 18.5 Å². The number of benzene rings is 2. The molecule has 1 saturated heterocycles. The molecule has 5 heteroatoms. The Balaban J connectivity index is 1.72. The first kappa shape index (κ1) is 18.9. The van der Waals surface area contributed by atoms with Gasteiger partial charge in [0.05, 0.1) is 5.56 Å². The molecule has 2 N–H and O–H groups in total. The van der Waals surface area contributed by atoms with Gasteiger partial charge < -0.3 is 15.2 Å². The largest absolute Gasteiger partial charge is 0.485 e. The number of ether oxygens (including phenoxy) is 1. The number of rotatable bonds is 6. The van der Waals surface area contributed by atoms with Crippen LogP contribution in [-0.2, 0) is 6.42 Å². The van der Waals surface area contributed by atoms with Crippen LogP contribution in [0.25, 0.3) is 0 Å². The summed E-state index contributed by atoms with van der Waals surface area (Å²) in [5.74, 6) is -1.22. The number of hydrogen-bond acceptors (Lipinski definition) is 3. The van der Waals surface area contributed by atoms with Gasteiger partial charge in [0.1, 0.15) is 17.2 Å². The van der Waals surface area contributed by atoms with Crippen LogP contribution in [0.5, 0.6) is 5.75 Å². The van der Waals surface area contributed by atoms with Crippen LogP contribution in [-0.4, -0.2) is 29.3 Å². The molecule has 0 spiro atoms. The maximum absolute atomic E-state index is 14.5. The molecule has 2 atom stereocenters. The molecule has 1 heterocycles. The third-order valence-corrected chi connectivity index (χ3v) is 6.02. The van der Waals surface area contributed by atoms with Crippen LogP contribution in [0.15, 0.2) is 42.5 Å². The van der Waals surface area contributed by atoms with E-state index in [1.165, 1.54) is 17.7 Å². The molecule has 4 nitrogen and oxygen atoms in total. The van der Waals surface area contributed by atoms with E-state index in [1.807, 2.05) is 18.2 Å². The second-order valence-electron chi connectivity index (χ2n) is 8.06. The highest BCUT2D eigenvalue weighted by Crippen LogP contribution is 2.46. The van der Waals surface area contributed by atoms with Crippen molar-refractivity contribution in [3.05, 3.63) is 65.0 Å². The molecule has 148 valence electrons. The predicted molar refractivity (Wildman–Crippen MR) is 106 cm³/mol. The SMILES string of the molecule is C[C@H]1NCCC[C@]1(Cc1ccccc1)Oc1cc(F)c(C(=O)O)cc1C1CC1. The van der Waals surface area contributed by atoms with Crippen molar-refractivity contribution in [1.29, 1.82) is 0 Å². The lowest BCUT2D eigenvalue weighted by Crippen LogP contribution is -2.58. The third kappa shape index (κ3) is 3.76. The summed E-state index contributed by atoms with van der Waals surface area (Å²) in [7, 11) is 0. The number of carboxylic acids is 1. The van der Waals surface area contributed by atoms with Crippen molar-refractivity contribution < 1.29 is 19.0 Å². The first-order valence-corrected chi connectivity index (χ1v) is 10.0. The monoisotopic (exact) mass is 383 g/mol. The van der Waals surface area contributed by atoms with Crippen molar-refractivity contribution in [1.82, 2.24) is 5.32 Å². The molecule has 2 fully saturated rings. The molecule has 4 rings (SSSR count). The summed E-state index contributed by atoms with van der Waals surface area (Å²) in [4.78, 5) is 11.4. The summed E-state index contributed by atoms with van der Waals surface area (Å²) in [6.45, 7) is 3.05. The van der Waals surface area contributed by atoms with E-state index in [1.54, 1.807) is 0 Å². The van der Waals surface area contributed by atoms with Gasteiger partial charge in [-0.3, -0.25) is 0 Å². The maximum Gasteiger partial charge on any atom is 0.338 e. The van der Waals surface area contributed by atoms with Crippen LogP contribution >= 0.6 is 0 Å². The number of hydrogen-bond donors (Lipinski definition) is 2. The number of nitrogens with one attached hydrogen (secondary N) is 1. The fourth-order valence-corrected chi connectivity index (χ4v) is 4.22. The lowest BCUT2D eigenvalue weighted by Gasteiger charge is -2.44. The zero-order valence-corrected chi connectivity index (χ0v) is 16.1. The van der Waals surface area contributed by atoms with E-state index in [9.17, 15) is 14.3 Å². The molecular weight excluding hydrogens is 357 g/mol. The molecule has 2 aliphatic rings. The normalized spacial score (nSPS) is 24.7. The highest BCUT2D eigenvalue weighted by Gasteiger charge is 2.42. The average molecular weight is 383 g/mol. The second kappa shape index (κ2) is 7.55. The van der Waals surface area contributed by atoms with Gasteiger partial charge in [0.15, 0.2) is 0 Å². The van der Waals surface area contributed by atoms with E-state index >= 15 is 0 Å². The predicted octanol–water partition coefficient (Wildman–Crippen LogP) is 4.53. The lowest BCUT2D eigenvalue weighted by molar-refractivity contribution is 0.00687. The van der Waals surface area contributed by atoms with Gasteiger partial charge >= 0.3 is 5.97 Å². The topological polar surface area (TPSA) is 58.6 Å². The number of piperidine rings is 1. The van der Waals surface area contributed by atoms with Crippen molar-refractivity contribution >= 4 is 5.97 Å². The highest BCUT2D eigenvalue weighted by molar-refractivity contribution is 5.88. The Hall–Kier alpha value is -2.40. The molecule has 0 bridgehead atoms. The van der Waals surface area contributed by atoms with Crippen molar-refractivity contribution in [3.8, 4) is 5.75 Å². The first-order chi connectivity index (χ1) is 13.5.